The predicted octanol–water partition coefficient (Wildman–Crippen LogP) is 1.95. The van der Waals surface area contributed by atoms with E-state index >= 15 is 0 Å². The van der Waals surface area contributed by atoms with Crippen molar-refractivity contribution in [1.82, 2.24) is 29.9 Å². The first-order valence-electron chi connectivity index (χ1n) is 10.4. The molecule has 10 nitrogen and oxygen atoms in total. The Balaban J connectivity index is 1.31. The molecular weight excluding hydrogens is 410 g/mol. The molecule has 10 heteroatoms. The van der Waals surface area contributed by atoms with Crippen LogP contribution in [0.25, 0.3) is 17.2 Å². The molecule has 0 radical (unpaired) electrons. The Hall–Kier alpha value is -3.63. The SMILES string of the molecule is CN1C(N2CCOC(c3ccc(-c4ncno4)cc3)CC2)=NC(c2ccncn2)=CC1O. The van der Waals surface area contributed by atoms with Crippen LogP contribution < -0.4 is 0 Å². The number of guanidine groups is 1. The molecule has 0 bridgehead atoms. The molecule has 2 aromatic heterocycles. The number of aliphatic imine (C=N–C) groups is 1. The fourth-order valence-electron chi connectivity index (χ4n) is 3.85. The van der Waals surface area contributed by atoms with Crippen molar-refractivity contribution in [2.24, 2.45) is 4.99 Å². The van der Waals surface area contributed by atoms with Gasteiger partial charge in [-0.1, -0.05) is 17.3 Å². The van der Waals surface area contributed by atoms with Gasteiger partial charge in [0.15, 0.2) is 12.6 Å². The largest absolute Gasteiger partial charge is 0.372 e. The zero-order valence-electron chi connectivity index (χ0n) is 17.6. The Morgan fingerprint density at radius 3 is 2.69 bits per heavy atom. The van der Waals surface area contributed by atoms with Gasteiger partial charge >= 0.3 is 0 Å². The number of nitrogens with zero attached hydrogens (tertiary/aromatic N) is 7. The van der Waals surface area contributed by atoms with Gasteiger partial charge in [0.05, 0.1) is 24.1 Å². The molecule has 2 unspecified atom stereocenters. The molecule has 2 aliphatic rings. The molecule has 4 heterocycles. The van der Waals surface area contributed by atoms with Crippen LogP contribution in [-0.4, -0.2) is 73.9 Å². The highest BCUT2D eigenvalue weighted by atomic mass is 16.5. The summed E-state index contributed by atoms with van der Waals surface area (Å²) in [5.74, 6) is 1.19. The van der Waals surface area contributed by atoms with Crippen LogP contribution in [0, 0.1) is 0 Å². The highest BCUT2D eigenvalue weighted by molar-refractivity contribution is 5.88. The maximum atomic E-state index is 10.6. The zero-order valence-corrected chi connectivity index (χ0v) is 17.6. The minimum absolute atomic E-state index is 0.0342. The van der Waals surface area contributed by atoms with E-state index < -0.39 is 6.23 Å². The Morgan fingerprint density at radius 2 is 1.94 bits per heavy atom. The molecule has 0 saturated carbocycles. The molecule has 3 aromatic rings. The molecule has 32 heavy (non-hydrogen) atoms. The van der Waals surface area contributed by atoms with Gasteiger partial charge in [-0.05, 0) is 36.3 Å². The monoisotopic (exact) mass is 433 g/mol. The van der Waals surface area contributed by atoms with Crippen molar-refractivity contribution in [3.63, 3.8) is 0 Å². The van der Waals surface area contributed by atoms with Crippen LogP contribution in [0.15, 0.2) is 64.8 Å². The topological polar surface area (TPSA) is 113 Å². The average Bonchev–Trinajstić information content (AvgIpc) is 3.27. The fourth-order valence-corrected chi connectivity index (χ4v) is 3.85. The number of aliphatic hydroxyl groups is 1. The van der Waals surface area contributed by atoms with E-state index in [-0.39, 0.29) is 6.10 Å². The lowest BCUT2D eigenvalue weighted by molar-refractivity contribution is 0.0621. The van der Waals surface area contributed by atoms with Gasteiger partial charge in [-0.2, -0.15) is 4.98 Å². The Labute approximate surface area is 184 Å². The first kappa shape index (κ1) is 20.3. The number of hydrogen-bond donors (Lipinski definition) is 1. The first-order valence-corrected chi connectivity index (χ1v) is 10.4. The van der Waals surface area contributed by atoms with Gasteiger partial charge in [0.25, 0.3) is 5.89 Å². The van der Waals surface area contributed by atoms with E-state index in [1.54, 1.807) is 23.2 Å². The lowest BCUT2D eigenvalue weighted by atomic mass is 10.0. The summed E-state index contributed by atoms with van der Waals surface area (Å²) in [6.45, 7) is 1.96. The lowest BCUT2D eigenvalue weighted by Crippen LogP contribution is -2.49. The molecule has 0 spiro atoms. The maximum absolute atomic E-state index is 10.6. The standard InChI is InChI=1S/C22H23N7O3/c1-28-20(30)12-18(17-6-8-23-13-24-17)27-22(28)29-9-7-19(31-11-10-29)15-2-4-16(5-3-15)21-25-14-26-32-21/h2-6,8,12-14,19-20,30H,7,9-11H2,1H3. The van der Waals surface area contributed by atoms with Gasteiger partial charge in [0.1, 0.15) is 6.33 Å². The quantitative estimate of drug-likeness (QED) is 0.662. The predicted molar refractivity (Wildman–Crippen MR) is 116 cm³/mol. The molecule has 1 saturated heterocycles. The molecule has 164 valence electrons. The summed E-state index contributed by atoms with van der Waals surface area (Å²) in [6.07, 6.45) is 6.18. The summed E-state index contributed by atoms with van der Waals surface area (Å²) in [5, 5.41) is 14.2. The van der Waals surface area contributed by atoms with Crippen LogP contribution >= 0.6 is 0 Å². The van der Waals surface area contributed by atoms with Crippen LogP contribution in [0.3, 0.4) is 0 Å². The van der Waals surface area contributed by atoms with E-state index in [9.17, 15) is 5.11 Å². The molecule has 0 aliphatic carbocycles. The summed E-state index contributed by atoms with van der Waals surface area (Å²) in [7, 11) is 1.83. The number of hydrogen-bond acceptors (Lipinski definition) is 10. The Morgan fingerprint density at radius 1 is 1.06 bits per heavy atom. The second-order valence-electron chi connectivity index (χ2n) is 7.59. The Bertz CT molecular complexity index is 1100. The summed E-state index contributed by atoms with van der Waals surface area (Å²) in [4.78, 5) is 21.0. The Kier molecular flexibility index (Phi) is 5.61. The van der Waals surface area contributed by atoms with Crippen molar-refractivity contribution in [2.45, 2.75) is 18.8 Å². The molecule has 5 rings (SSSR count). The molecule has 2 aliphatic heterocycles. The summed E-state index contributed by atoms with van der Waals surface area (Å²) in [6, 6.07) is 9.77. The number of aromatic nitrogens is 4. The molecule has 1 N–H and O–H groups in total. The second-order valence-corrected chi connectivity index (χ2v) is 7.59. The summed E-state index contributed by atoms with van der Waals surface area (Å²) >= 11 is 0. The van der Waals surface area contributed by atoms with Gasteiger partial charge in [-0.3, -0.25) is 0 Å². The van der Waals surface area contributed by atoms with Crippen molar-refractivity contribution in [3.8, 4) is 11.5 Å². The third-order valence-electron chi connectivity index (χ3n) is 5.60. The minimum atomic E-state index is -0.787. The van der Waals surface area contributed by atoms with E-state index in [4.69, 9.17) is 14.3 Å². The highest BCUT2D eigenvalue weighted by Crippen LogP contribution is 2.28. The van der Waals surface area contributed by atoms with E-state index in [1.165, 1.54) is 12.7 Å². The van der Waals surface area contributed by atoms with Crippen LogP contribution in [-0.2, 0) is 4.74 Å². The average molecular weight is 433 g/mol. The van der Waals surface area contributed by atoms with Crippen molar-refractivity contribution in [2.75, 3.05) is 26.7 Å². The fraction of sp³-hybridized carbons (Fsp3) is 0.318. The summed E-state index contributed by atoms with van der Waals surface area (Å²) in [5.41, 5.74) is 3.27. The smallest absolute Gasteiger partial charge is 0.257 e. The van der Waals surface area contributed by atoms with E-state index in [2.05, 4.69) is 25.0 Å². The van der Waals surface area contributed by atoms with Gasteiger partial charge < -0.3 is 24.2 Å². The van der Waals surface area contributed by atoms with Gasteiger partial charge in [-0.25, -0.2) is 15.0 Å². The second kappa shape index (κ2) is 8.85. The van der Waals surface area contributed by atoms with Crippen molar-refractivity contribution < 1.29 is 14.4 Å². The van der Waals surface area contributed by atoms with Crippen LogP contribution in [0.1, 0.15) is 23.8 Å². The first-order chi connectivity index (χ1) is 15.7. The van der Waals surface area contributed by atoms with Crippen molar-refractivity contribution in [1.29, 1.82) is 0 Å². The molecule has 1 aromatic carbocycles. The van der Waals surface area contributed by atoms with Gasteiger partial charge in [0.2, 0.25) is 5.96 Å². The van der Waals surface area contributed by atoms with E-state index in [1.807, 2.05) is 31.3 Å². The van der Waals surface area contributed by atoms with Crippen molar-refractivity contribution >= 4 is 11.7 Å². The highest BCUT2D eigenvalue weighted by Gasteiger charge is 2.28. The third-order valence-corrected chi connectivity index (χ3v) is 5.60. The third kappa shape index (κ3) is 4.10. The van der Waals surface area contributed by atoms with Gasteiger partial charge in [-0.15, -0.1) is 0 Å². The van der Waals surface area contributed by atoms with E-state index in [0.717, 1.165) is 24.1 Å². The molecule has 2 atom stereocenters. The normalized spacial score (nSPS) is 21.7. The molecular formula is C22H23N7O3. The number of ether oxygens (including phenoxy) is 1. The molecule has 1 fully saturated rings. The van der Waals surface area contributed by atoms with Crippen molar-refractivity contribution in [3.05, 3.63) is 66.5 Å². The van der Waals surface area contributed by atoms with Gasteiger partial charge in [0, 0.05) is 31.9 Å². The number of likely N-dealkylation sites (N-methyl/N-ethyl adjacent to an activating group) is 1. The van der Waals surface area contributed by atoms with Crippen LogP contribution in [0.5, 0.6) is 0 Å². The zero-order chi connectivity index (χ0) is 21.9. The van der Waals surface area contributed by atoms with Crippen LogP contribution in [0.2, 0.25) is 0 Å². The van der Waals surface area contributed by atoms with E-state index in [0.29, 0.717) is 36.4 Å². The lowest BCUT2D eigenvalue weighted by Gasteiger charge is -2.35. The molecule has 0 amide bonds. The number of benzene rings is 1. The number of rotatable bonds is 3. The number of aliphatic hydroxyl groups excluding tert-OH is 1. The van der Waals surface area contributed by atoms with Crippen LogP contribution in [0.4, 0.5) is 0 Å². The summed E-state index contributed by atoms with van der Waals surface area (Å²) < 4.78 is 11.3. The maximum Gasteiger partial charge on any atom is 0.257 e. The minimum Gasteiger partial charge on any atom is -0.372 e.